The van der Waals surface area contributed by atoms with Gasteiger partial charge in [0.1, 0.15) is 0 Å². The lowest BCUT2D eigenvalue weighted by atomic mass is 10.00. The molecule has 3 N–H and O–H groups in total. The Morgan fingerprint density at radius 1 is 1.32 bits per heavy atom. The van der Waals surface area contributed by atoms with Crippen LogP contribution in [0, 0.1) is 5.92 Å². The summed E-state index contributed by atoms with van der Waals surface area (Å²) >= 11 is 3.49. The lowest BCUT2D eigenvalue weighted by molar-refractivity contribution is -0.122. The van der Waals surface area contributed by atoms with E-state index in [0.717, 1.165) is 29.3 Å². The molecule has 122 valence electrons. The molecule has 1 aromatic carbocycles. The van der Waals surface area contributed by atoms with E-state index in [1.54, 1.807) is 14.2 Å². The lowest BCUT2D eigenvalue weighted by Crippen LogP contribution is -2.31. The van der Waals surface area contributed by atoms with Crippen LogP contribution in [0.5, 0.6) is 11.5 Å². The van der Waals surface area contributed by atoms with Gasteiger partial charge >= 0.3 is 0 Å². The van der Waals surface area contributed by atoms with E-state index in [2.05, 4.69) is 21.2 Å². The minimum Gasteiger partial charge on any atom is -0.493 e. The van der Waals surface area contributed by atoms with Crippen LogP contribution >= 0.6 is 15.9 Å². The molecule has 0 heterocycles. The highest BCUT2D eigenvalue weighted by molar-refractivity contribution is 9.10. The largest absolute Gasteiger partial charge is 0.493 e. The molecule has 1 aliphatic carbocycles. The van der Waals surface area contributed by atoms with Gasteiger partial charge in [-0.15, -0.1) is 0 Å². The molecule has 0 aromatic heterocycles. The quantitative estimate of drug-likeness (QED) is 0.806. The van der Waals surface area contributed by atoms with E-state index in [9.17, 15) is 4.79 Å². The molecule has 1 aromatic rings. The Hall–Kier alpha value is -1.27. The molecule has 0 unspecified atom stereocenters. The fraction of sp³-hybridized carbons (Fsp3) is 0.562. The third-order valence-corrected chi connectivity index (χ3v) is 4.93. The first kappa shape index (κ1) is 17.1. The van der Waals surface area contributed by atoms with Crippen LogP contribution in [0.15, 0.2) is 16.6 Å². The molecule has 0 spiro atoms. The highest BCUT2D eigenvalue weighted by Gasteiger charge is 2.25. The summed E-state index contributed by atoms with van der Waals surface area (Å²) in [5.41, 5.74) is 6.96. The van der Waals surface area contributed by atoms with Crippen LogP contribution in [0.25, 0.3) is 0 Å². The van der Waals surface area contributed by atoms with Crippen molar-refractivity contribution >= 4 is 21.8 Å². The molecule has 0 radical (unpaired) electrons. The number of nitrogens with one attached hydrogen (secondary N) is 1. The van der Waals surface area contributed by atoms with Crippen molar-refractivity contribution < 1.29 is 14.3 Å². The van der Waals surface area contributed by atoms with Crippen LogP contribution in [0.2, 0.25) is 0 Å². The van der Waals surface area contributed by atoms with Crippen LogP contribution in [-0.2, 0) is 11.3 Å². The van der Waals surface area contributed by atoms with Crippen molar-refractivity contribution in [2.45, 2.75) is 38.3 Å². The molecule has 22 heavy (non-hydrogen) atoms. The van der Waals surface area contributed by atoms with Gasteiger partial charge in [0, 0.05) is 23.5 Å². The SMILES string of the molecule is COc1cc(Br)c(CNC(=O)C[C@@H]2CCC[C@H]2N)cc1OC. The van der Waals surface area contributed by atoms with Gasteiger partial charge in [-0.25, -0.2) is 0 Å². The molecule has 2 atom stereocenters. The summed E-state index contributed by atoms with van der Waals surface area (Å²) < 4.78 is 11.4. The van der Waals surface area contributed by atoms with Crippen LogP contribution in [0.4, 0.5) is 0 Å². The minimum atomic E-state index is 0.0454. The average Bonchev–Trinajstić information content (AvgIpc) is 2.90. The average molecular weight is 371 g/mol. The number of methoxy groups -OCH3 is 2. The zero-order chi connectivity index (χ0) is 16.1. The molecule has 2 rings (SSSR count). The number of hydrogen-bond acceptors (Lipinski definition) is 4. The number of carbonyl (C=O) groups is 1. The van der Waals surface area contributed by atoms with E-state index in [1.807, 2.05) is 12.1 Å². The fourth-order valence-corrected chi connectivity index (χ4v) is 3.32. The van der Waals surface area contributed by atoms with Crippen molar-refractivity contribution in [1.29, 1.82) is 0 Å². The van der Waals surface area contributed by atoms with Gasteiger partial charge < -0.3 is 20.5 Å². The highest BCUT2D eigenvalue weighted by atomic mass is 79.9. The van der Waals surface area contributed by atoms with E-state index in [4.69, 9.17) is 15.2 Å². The Morgan fingerprint density at radius 3 is 2.59 bits per heavy atom. The number of hydrogen-bond donors (Lipinski definition) is 2. The number of amides is 1. The van der Waals surface area contributed by atoms with Crippen LogP contribution < -0.4 is 20.5 Å². The lowest BCUT2D eigenvalue weighted by Gasteiger charge is -2.16. The molecule has 6 heteroatoms. The first-order chi connectivity index (χ1) is 10.5. The van der Waals surface area contributed by atoms with Crippen LogP contribution in [-0.4, -0.2) is 26.2 Å². The second-order valence-corrected chi connectivity index (χ2v) is 6.49. The van der Waals surface area contributed by atoms with E-state index in [0.29, 0.717) is 30.4 Å². The number of halogens is 1. The van der Waals surface area contributed by atoms with Crippen molar-refractivity contribution in [3.8, 4) is 11.5 Å². The van der Waals surface area contributed by atoms with Crippen LogP contribution in [0.3, 0.4) is 0 Å². The number of nitrogens with two attached hydrogens (primary N) is 1. The molecule has 1 amide bonds. The van der Waals surface area contributed by atoms with E-state index < -0.39 is 0 Å². The predicted molar refractivity (Wildman–Crippen MR) is 89.0 cm³/mol. The van der Waals surface area contributed by atoms with Gasteiger partial charge in [-0.05, 0) is 36.5 Å². The smallest absolute Gasteiger partial charge is 0.220 e. The maximum absolute atomic E-state index is 12.1. The Morgan fingerprint density at radius 2 is 2.00 bits per heavy atom. The summed E-state index contributed by atoms with van der Waals surface area (Å²) in [4.78, 5) is 12.1. The molecular formula is C16H23BrN2O3. The number of benzene rings is 1. The Balaban J connectivity index is 1.94. The fourth-order valence-electron chi connectivity index (χ4n) is 2.85. The molecule has 0 saturated heterocycles. The van der Waals surface area contributed by atoms with E-state index in [-0.39, 0.29) is 11.9 Å². The Bertz CT molecular complexity index is 536. The van der Waals surface area contributed by atoms with Gasteiger partial charge in [0.15, 0.2) is 11.5 Å². The van der Waals surface area contributed by atoms with Crippen molar-refractivity contribution in [3.63, 3.8) is 0 Å². The molecule has 0 bridgehead atoms. The third kappa shape index (κ3) is 4.14. The Labute approximate surface area is 139 Å². The molecule has 5 nitrogen and oxygen atoms in total. The van der Waals surface area contributed by atoms with Crippen molar-refractivity contribution in [2.75, 3.05) is 14.2 Å². The second-order valence-electron chi connectivity index (χ2n) is 5.63. The molecular weight excluding hydrogens is 348 g/mol. The van der Waals surface area contributed by atoms with Gasteiger partial charge in [0.05, 0.1) is 14.2 Å². The van der Waals surface area contributed by atoms with Crippen molar-refractivity contribution in [2.24, 2.45) is 11.7 Å². The standard InChI is InChI=1S/C16H23BrN2O3/c1-21-14-6-11(12(17)8-15(14)22-2)9-19-16(20)7-10-4-3-5-13(10)18/h6,8,10,13H,3-5,7,9,18H2,1-2H3,(H,19,20)/t10-,13+/m0/s1. The topological polar surface area (TPSA) is 73.6 Å². The first-order valence-electron chi connectivity index (χ1n) is 7.47. The zero-order valence-corrected chi connectivity index (χ0v) is 14.6. The summed E-state index contributed by atoms with van der Waals surface area (Å²) in [5.74, 6) is 1.66. The second kappa shape index (κ2) is 7.83. The molecule has 0 aliphatic heterocycles. The third-order valence-electron chi connectivity index (χ3n) is 4.19. The number of rotatable bonds is 6. The minimum absolute atomic E-state index is 0.0454. The maximum Gasteiger partial charge on any atom is 0.220 e. The zero-order valence-electron chi connectivity index (χ0n) is 13.0. The molecule has 1 aliphatic rings. The number of carbonyl (C=O) groups excluding carboxylic acids is 1. The summed E-state index contributed by atoms with van der Waals surface area (Å²) in [7, 11) is 3.19. The molecule has 1 saturated carbocycles. The predicted octanol–water partition coefficient (Wildman–Crippen LogP) is 2.60. The monoisotopic (exact) mass is 370 g/mol. The van der Waals surface area contributed by atoms with Crippen molar-refractivity contribution in [1.82, 2.24) is 5.32 Å². The summed E-state index contributed by atoms with van der Waals surface area (Å²) in [6.07, 6.45) is 3.71. The Kier molecular flexibility index (Phi) is 6.08. The number of ether oxygens (including phenoxy) is 2. The van der Waals surface area contributed by atoms with E-state index in [1.165, 1.54) is 0 Å². The van der Waals surface area contributed by atoms with Gasteiger partial charge in [0.2, 0.25) is 5.91 Å². The summed E-state index contributed by atoms with van der Waals surface area (Å²) in [6, 6.07) is 3.87. The van der Waals surface area contributed by atoms with Gasteiger partial charge in [-0.1, -0.05) is 22.4 Å². The maximum atomic E-state index is 12.1. The summed E-state index contributed by atoms with van der Waals surface area (Å²) in [5, 5.41) is 2.96. The van der Waals surface area contributed by atoms with E-state index >= 15 is 0 Å². The van der Waals surface area contributed by atoms with Gasteiger partial charge in [-0.2, -0.15) is 0 Å². The normalized spacial score (nSPS) is 20.7. The van der Waals surface area contributed by atoms with Crippen molar-refractivity contribution in [3.05, 3.63) is 22.2 Å². The van der Waals surface area contributed by atoms with Gasteiger partial charge in [-0.3, -0.25) is 4.79 Å². The summed E-state index contributed by atoms with van der Waals surface area (Å²) in [6.45, 7) is 0.446. The van der Waals surface area contributed by atoms with Gasteiger partial charge in [0.25, 0.3) is 0 Å². The highest BCUT2D eigenvalue weighted by Crippen LogP contribution is 2.33. The first-order valence-corrected chi connectivity index (χ1v) is 8.27. The van der Waals surface area contributed by atoms with Crippen LogP contribution in [0.1, 0.15) is 31.2 Å². The molecule has 1 fully saturated rings.